The Balaban J connectivity index is 2.38. The lowest BCUT2D eigenvalue weighted by Crippen LogP contribution is -1.99. The van der Waals surface area contributed by atoms with Gasteiger partial charge in [-0.2, -0.15) is 5.10 Å². The molecule has 5 heteroatoms. The van der Waals surface area contributed by atoms with Crippen molar-refractivity contribution in [2.45, 2.75) is 6.92 Å². The van der Waals surface area contributed by atoms with Crippen LogP contribution >= 0.6 is 0 Å². The number of rotatable bonds is 4. The minimum absolute atomic E-state index is 0.543. The summed E-state index contributed by atoms with van der Waals surface area (Å²) in [6.07, 6.45) is 7.25. The number of pyridine rings is 1. The third-order valence-electron chi connectivity index (χ3n) is 2.08. The molecule has 2 heterocycles. The SMILES string of the molecule is CCOc1cnn(-c2cnccc2C=O)c1. The molecular formula is C11H11N3O2. The van der Waals surface area contributed by atoms with Crippen LogP contribution in [0.4, 0.5) is 0 Å². The zero-order valence-electron chi connectivity index (χ0n) is 8.83. The molecule has 0 saturated carbocycles. The summed E-state index contributed by atoms with van der Waals surface area (Å²) in [6, 6.07) is 1.64. The van der Waals surface area contributed by atoms with E-state index in [1.807, 2.05) is 6.92 Å². The molecular weight excluding hydrogens is 206 g/mol. The van der Waals surface area contributed by atoms with Crippen molar-refractivity contribution in [1.29, 1.82) is 0 Å². The van der Waals surface area contributed by atoms with Gasteiger partial charge in [0.25, 0.3) is 0 Å². The maximum Gasteiger partial charge on any atom is 0.157 e. The highest BCUT2D eigenvalue weighted by atomic mass is 16.5. The highest BCUT2D eigenvalue weighted by molar-refractivity contribution is 5.80. The lowest BCUT2D eigenvalue weighted by Gasteiger charge is -2.02. The maximum absolute atomic E-state index is 10.8. The van der Waals surface area contributed by atoms with Gasteiger partial charge in [-0.05, 0) is 13.0 Å². The molecule has 0 radical (unpaired) electrons. The van der Waals surface area contributed by atoms with Crippen LogP contribution in [0, 0.1) is 0 Å². The minimum Gasteiger partial charge on any atom is -0.491 e. The zero-order chi connectivity index (χ0) is 11.4. The standard InChI is InChI=1S/C11H11N3O2/c1-2-16-10-5-13-14(7-10)11-6-12-4-3-9(11)8-15/h3-8H,2H2,1H3. The van der Waals surface area contributed by atoms with E-state index in [0.29, 0.717) is 23.6 Å². The van der Waals surface area contributed by atoms with Gasteiger partial charge in [-0.25, -0.2) is 4.68 Å². The van der Waals surface area contributed by atoms with Gasteiger partial charge in [-0.15, -0.1) is 0 Å². The summed E-state index contributed by atoms with van der Waals surface area (Å²) in [6.45, 7) is 2.48. The van der Waals surface area contributed by atoms with Crippen LogP contribution in [0.15, 0.2) is 30.9 Å². The van der Waals surface area contributed by atoms with Crippen LogP contribution in [-0.2, 0) is 0 Å². The minimum atomic E-state index is 0.543. The van der Waals surface area contributed by atoms with Crippen molar-refractivity contribution in [3.05, 3.63) is 36.4 Å². The summed E-state index contributed by atoms with van der Waals surface area (Å²) in [5, 5.41) is 4.11. The molecule has 0 N–H and O–H groups in total. The van der Waals surface area contributed by atoms with Gasteiger partial charge < -0.3 is 4.74 Å². The lowest BCUT2D eigenvalue weighted by atomic mass is 10.2. The van der Waals surface area contributed by atoms with Gasteiger partial charge >= 0.3 is 0 Å². The molecule has 0 saturated heterocycles. The summed E-state index contributed by atoms with van der Waals surface area (Å²) in [7, 11) is 0. The average molecular weight is 217 g/mol. The largest absolute Gasteiger partial charge is 0.491 e. The van der Waals surface area contributed by atoms with E-state index in [1.54, 1.807) is 35.5 Å². The van der Waals surface area contributed by atoms with Crippen molar-refractivity contribution in [1.82, 2.24) is 14.8 Å². The van der Waals surface area contributed by atoms with E-state index in [-0.39, 0.29) is 0 Å². The Morgan fingerprint density at radius 2 is 2.38 bits per heavy atom. The van der Waals surface area contributed by atoms with Crippen LogP contribution in [-0.4, -0.2) is 27.7 Å². The normalized spacial score (nSPS) is 10.1. The number of carbonyl (C=O) groups excluding carboxylic acids is 1. The first-order valence-corrected chi connectivity index (χ1v) is 4.92. The Labute approximate surface area is 92.7 Å². The summed E-state index contributed by atoms with van der Waals surface area (Å²) < 4.78 is 6.86. The van der Waals surface area contributed by atoms with Crippen LogP contribution in [0.2, 0.25) is 0 Å². The molecule has 0 unspecified atom stereocenters. The van der Waals surface area contributed by atoms with Crippen molar-refractivity contribution in [2.75, 3.05) is 6.61 Å². The van der Waals surface area contributed by atoms with Crippen LogP contribution in [0.25, 0.3) is 5.69 Å². The number of nitrogens with zero attached hydrogens (tertiary/aromatic N) is 3. The molecule has 0 fully saturated rings. The smallest absolute Gasteiger partial charge is 0.157 e. The van der Waals surface area contributed by atoms with Crippen molar-refractivity contribution in [2.24, 2.45) is 0 Å². The van der Waals surface area contributed by atoms with E-state index >= 15 is 0 Å². The summed E-state index contributed by atoms with van der Waals surface area (Å²) in [5.41, 5.74) is 1.18. The first kappa shape index (κ1) is 10.4. The quantitative estimate of drug-likeness (QED) is 0.728. The second-order valence-electron chi connectivity index (χ2n) is 3.11. The molecule has 0 aromatic carbocycles. The monoisotopic (exact) mass is 217 g/mol. The maximum atomic E-state index is 10.8. The topological polar surface area (TPSA) is 57.0 Å². The highest BCUT2D eigenvalue weighted by Crippen LogP contribution is 2.15. The van der Waals surface area contributed by atoms with E-state index in [2.05, 4.69) is 10.1 Å². The first-order chi connectivity index (χ1) is 7.85. The molecule has 2 aromatic heterocycles. The predicted octanol–water partition coefficient (Wildman–Crippen LogP) is 1.48. The molecule has 0 bridgehead atoms. The molecule has 0 aliphatic rings. The van der Waals surface area contributed by atoms with Gasteiger partial charge in [0.05, 0.1) is 30.9 Å². The second kappa shape index (κ2) is 4.57. The van der Waals surface area contributed by atoms with Gasteiger partial charge in [0.2, 0.25) is 0 Å². The molecule has 2 aromatic rings. The van der Waals surface area contributed by atoms with Crippen LogP contribution in [0.5, 0.6) is 5.75 Å². The molecule has 0 spiro atoms. The predicted molar refractivity (Wildman–Crippen MR) is 57.9 cm³/mol. The van der Waals surface area contributed by atoms with E-state index in [9.17, 15) is 4.79 Å². The van der Waals surface area contributed by atoms with Gasteiger partial charge in [-0.3, -0.25) is 9.78 Å². The highest BCUT2D eigenvalue weighted by Gasteiger charge is 2.06. The fraction of sp³-hybridized carbons (Fsp3) is 0.182. The third kappa shape index (κ3) is 1.93. The number of hydrogen-bond donors (Lipinski definition) is 0. The third-order valence-corrected chi connectivity index (χ3v) is 2.08. The number of carbonyl (C=O) groups is 1. The molecule has 0 amide bonds. The van der Waals surface area contributed by atoms with Gasteiger partial charge in [0, 0.05) is 11.8 Å². The van der Waals surface area contributed by atoms with E-state index in [4.69, 9.17) is 4.74 Å². The van der Waals surface area contributed by atoms with Crippen LogP contribution < -0.4 is 4.74 Å². The van der Waals surface area contributed by atoms with Crippen molar-refractivity contribution in [3.63, 3.8) is 0 Å². The Morgan fingerprint density at radius 1 is 1.50 bits per heavy atom. The fourth-order valence-electron chi connectivity index (χ4n) is 1.37. The molecule has 82 valence electrons. The number of aromatic nitrogens is 3. The number of aldehydes is 1. The van der Waals surface area contributed by atoms with Crippen LogP contribution in [0.3, 0.4) is 0 Å². The Bertz CT molecular complexity index is 493. The Kier molecular flexibility index (Phi) is 2.95. The zero-order valence-corrected chi connectivity index (χ0v) is 8.83. The summed E-state index contributed by atoms with van der Waals surface area (Å²) in [4.78, 5) is 14.8. The average Bonchev–Trinajstić information content (AvgIpc) is 2.78. The molecule has 0 aliphatic carbocycles. The lowest BCUT2D eigenvalue weighted by molar-refractivity contribution is 0.112. The van der Waals surface area contributed by atoms with Crippen molar-refractivity contribution >= 4 is 6.29 Å². The van der Waals surface area contributed by atoms with Crippen molar-refractivity contribution in [3.8, 4) is 11.4 Å². The van der Waals surface area contributed by atoms with Crippen molar-refractivity contribution < 1.29 is 9.53 Å². The fourth-order valence-corrected chi connectivity index (χ4v) is 1.37. The first-order valence-electron chi connectivity index (χ1n) is 4.92. The number of hydrogen-bond acceptors (Lipinski definition) is 4. The molecule has 5 nitrogen and oxygen atoms in total. The number of ether oxygens (including phenoxy) is 1. The van der Waals surface area contributed by atoms with Gasteiger partial charge in [0.1, 0.15) is 0 Å². The molecule has 0 atom stereocenters. The Morgan fingerprint density at radius 3 is 3.12 bits per heavy atom. The van der Waals surface area contributed by atoms with E-state index in [1.165, 1.54) is 0 Å². The summed E-state index contributed by atoms with van der Waals surface area (Å²) in [5.74, 6) is 0.670. The Hall–Kier alpha value is -2.17. The molecule has 2 rings (SSSR count). The van der Waals surface area contributed by atoms with E-state index < -0.39 is 0 Å². The molecule has 0 aliphatic heterocycles. The second-order valence-corrected chi connectivity index (χ2v) is 3.11. The summed E-state index contributed by atoms with van der Waals surface area (Å²) >= 11 is 0. The molecule has 16 heavy (non-hydrogen) atoms. The van der Waals surface area contributed by atoms with Gasteiger partial charge in [0.15, 0.2) is 12.0 Å². The van der Waals surface area contributed by atoms with E-state index in [0.717, 1.165) is 6.29 Å². The van der Waals surface area contributed by atoms with Crippen LogP contribution in [0.1, 0.15) is 17.3 Å². The van der Waals surface area contributed by atoms with Gasteiger partial charge in [-0.1, -0.05) is 0 Å².